The minimum absolute atomic E-state index is 0.384. The van der Waals surface area contributed by atoms with E-state index in [0.717, 1.165) is 20.7 Å². The third kappa shape index (κ3) is 6.22. The normalized spacial score (nSPS) is 24.4. The Morgan fingerprint density at radius 2 is 0.898 bits per heavy atom. The van der Waals surface area contributed by atoms with E-state index in [1.165, 1.54) is 0 Å². The predicted octanol–water partition coefficient (Wildman–Crippen LogP) is 5.34. The van der Waals surface area contributed by atoms with Crippen LogP contribution in [0.3, 0.4) is 0 Å². The van der Waals surface area contributed by atoms with Gasteiger partial charge in [0.1, 0.15) is 30.5 Å². The SMILES string of the molecule is CC1(C)O[C@H]2[C@@H](O[Si](c3ccccc3)(c3ccccc3)C(C)(C)C)[C@H](O)C(=O)[C@H](O[Si](c3ccccc3)(c3ccccc3)C(C)(C)C)[C@H]2O1. The van der Waals surface area contributed by atoms with E-state index in [9.17, 15) is 9.90 Å². The Morgan fingerprint density at radius 3 is 1.24 bits per heavy atom. The molecule has 2 fully saturated rings. The maximum absolute atomic E-state index is 14.8. The first-order valence-corrected chi connectivity index (χ1v) is 21.1. The zero-order valence-corrected chi connectivity index (χ0v) is 31.9. The quantitative estimate of drug-likeness (QED) is 0.251. The van der Waals surface area contributed by atoms with Gasteiger partial charge in [0, 0.05) is 0 Å². The van der Waals surface area contributed by atoms with Gasteiger partial charge < -0.3 is 23.4 Å². The number of hydrogen-bond acceptors (Lipinski definition) is 6. The van der Waals surface area contributed by atoms with Crippen molar-refractivity contribution in [2.24, 2.45) is 0 Å². The van der Waals surface area contributed by atoms with Crippen molar-refractivity contribution in [2.45, 2.75) is 102 Å². The Bertz CT molecular complexity index is 1640. The van der Waals surface area contributed by atoms with Crippen LogP contribution in [-0.4, -0.2) is 63.8 Å². The second kappa shape index (κ2) is 13.2. The lowest BCUT2D eigenvalue weighted by atomic mass is 9.86. The number of Topliss-reactive ketones (excluding diaryl/α,β-unsaturated/α-hetero) is 1. The van der Waals surface area contributed by atoms with Crippen molar-refractivity contribution < 1.29 is 28.2 Å². The molecule has 0 radical (unpaired) electrons. The molecule has 1 N–H and O–H groups in total. The minimum atomic E-state index is -3.22. The van der Waals surface area contributed by atoms with Crippen molar-refractivity contribution in [1.29, 1.82) is 0 Å². The first kappa shape index (κ1) is 35.6. The van der Waals surface area contributed by atoms with Gasteiger partial charge in [0.15, 0.2) is 11.6 Å². The monoisotopic (exact) mass is 694 g/mol. The molecule has 0 bridgehead atoms. The van der Waals surface area contributed by atoms with E-state index in [-0.39, 0.29) is 5.04 Å². The molecule has 0 spiro atoms. The molecule has 5 atom stereocenters. The molecule has 1 saturated heterocycles. The highest BCUT2D eigenvalue weighted by Gasteiger charge is 2.64. The maximum atomic E-state index is 14.8. The van der Waals surface area contributed by atoms with Gasteiger partial charge in [0.05, 0.1) is 0 Å². The van der Waals surface area contributed by atoms with Crippen LogP contribution in [0.15, 0.2) is 121 Å². The van der Waals surface area contributed by atoms with E-state index in [4.69, 9.17) is 18.3 Å². The molecule has 49 heavy (non-hydrogen) atoms. The van der Waals surface area contributed by atoms with Gasteiger partial charge in [-0.2, -0.15) is 0 Å². The van der Waals surface area contributed by atoms with Crippen LogP contribution < -0.4 is 20.7 Å². The van der Waals surface area contributed by atoms with Gasteiger partial charge >= 0.3 is 0 Å². The second-order valence-corrected chi connectivity index (χ2v) is 24.4. The molecule has 258 valence electrons. The van der Waals surface area contributed by atoms with Crippen LogP contribution in [0.5, 0.6) is 0 Å². The molecule has 0 amide bonds. The largest absolute Gasteiger partial charge is 0.399 e. The molecule has 4 aromatic rings. The molecule has 6 nitrogen and oxygen atoms in total. The molecule has 2 aliphatic rings. The topological polar surface area (TPSA) is 74.2 Å². The molecule has 8 heteroatoms. The van der Waals surface area contributed by atoms with Crippen molar-refractivity contribution >= 4 is 43.2 Å². The summed E-state index contributed by atoms with van der Waals surface area (Å²) in [7, 11) is -6.42. The fraction of sp³-hybridized carbons (Fsp3) is 0.390. The summed E-state index contributed by atoms with van der Waals surface area (Å²) in [5.74, 6) is -1.49. The van der Waals surface area contributed by atoms with E-state index in [1.54, 1.807) is 0 Å². The van der Waals surface area contributed by atoms with Gasteiger partial charge in [-0.15, -0.1) is 0 Å². The lowest BCUT2D eigenvalue weighted by Crippen LogP contribution is -2.74. The Kier molecular flexibility index (Phi) is 9.56. The van der Waals surface area contributed by atoms with Crippen molar-refractivity contribution in [1.82, 2.24) is 0 Å². The third-order valence-corrected chi connectivity index (χ3v) is 20.2. The molecule has 1 heterocycles. The number of carbonyl (C=O) groups excluding carboxylic acids is 1. The van der Waals surface area contributed by atoms with Crippen LogP contribution in [0.1, 0.15) is 55.4 Å². The highest BCUT2D eigenvalue weighted by molar-refractivity contribution is 7.00. The van der Waals surface area contributed by atoms with E-state index in [1.807, 2.05) is 86.6 Å². The zero-order chi connectivity index (χ0) is 35.2. The lowest BCUT2D eigenvalue weighted by Gasteiger charge is -2.50. The molecule has 4 aromatic carbocycles. The highest BCUT2D eigenvalue weighted by Crippen LogP contribution is 2.46. The van der Waals surface area contributed by atoms with E-state index in [0.29, 0.717) is 0 Å². The van der Waals surface area contributed by atoms with Gasteiger partial charge in [-0.05, 0) is 44.7 Å². The molecule has 1 aliphatic heterocycles. The minimum Gasteiger partial charge on any atom is -0.399 e. The van der Waals surface area contributed by atoms with Gasteiger partial charge in [-0.25, -0.2) is 0 Å². The fourth-order valence-corrected chi connectivity index (χ4v) is 17.3. The van der Waals surface area contributed by atoms with Gasteiger partial charge in [-0.3, -0.25) is 4.79 Å². The van der Waals surface area contributed by atoms with Crippen molar-refractivity contribution in [2.75, 3.05) is 0 Å². The average Bonchev–Trinajstić information content (AvgIpc) is 3.40. The second-order valence-electron chi connectivity index (χ2n) is 15.9. The summed E-state index contributed by atoms with van der Waals surface area (Å²) >= 11 is 0. The van der Waals surface area contributed by atoms with Crippen LogP contribution in [-0.2, 0) is 23.1 Å². The number of aliphatic hydroxyl groups excluding tert-OH is 1. The Labute approximate surface area is 293 Å². The number of benzene rings is 4. The lowest BCUT2D eigenvalue weighted by molar-refractivity contribution is -0.163. The van der Waals surface area contributed by atoms with Gasteiger partial charge in [0.2, 0.25) is 0 Å². The van der Waals surface area contributed by atoms with Crippen LogP contribution >= 0.6 is 0 Å². The van der Waals surface area contributed by atoms with E-state index in [2.05, 4.69) is 90.1 Å². The number of rotatable bonds is 8. The average molecular weight is 695 g/mol. The number of ether oxygens (including phenoxy) is 2. The van der Waals surface area contributed by atoms with Crippen molar-refractivity contribution in [3.63, 3.8) is 0 Å². The molecular weight excluding hydrogens is 645 g/mol. The summed E-state index contributed by atoms with van der Waals surface area (Å²) in [5, 5.41) is 15.6. The molecular formula is C41H50O6Si2. The summed E-state index contributed by atoms with van der Waals surface area (Å²) in [6.07, 6.45) is -5.18. The number of carbonyl (C=O) groups is 1. The van der Waals surface area contributed by atoms with Crippen molar-refractivity contribution in [3.8, 4) is 0 Å². The van der Waals surface area contributed by atoms with Crippen LogP contribution in [0.2, 0.25) is 10.1 Å². The fourth-order valence-electron chi connectivity index (χ4n) is 8.01. The summed E-state index contributed by atoms with van der Waals surface area (Å²) in [4.78, 5) is 14.8. The van der Waals surface area contributed by atoms with E-state index >= 15 is 0 Å². The summed E-state index contributed by atoms with van der Waals surface area (Å²) < 4.78 is 28.1. The predicted molar refractivity (Wildman–Crippen MR) is 200 cm³/mol. The number of aliphatic hydroxyl groups is 1. The third-order valence-electron chi connectivity index (χ3n) is 10.1. The molecule has 0 unspecified atom stereocenters. The Balaban J connectivity index is 1.50. The molecule has 1 saturated carbocycles. The van der Waals surface area contributed by atoms with E-state index < -0.39 is 63.8 Å². The standard InChI is InChI=1S/C41H50O6Si2/c1-39(2,3)48(29-21-13-9-14-22-29,30-23-15-10-16-24-30)46-35-33(42)34(43)36(38-37(35)44-41(7,8)45-38)47-49(40(4,5)6,31-25-17-11-18-26-31)32-27-19-12-20-28-32/h9-28,33,35-38,42H,1-8H3/t33-,35+,36+,37+,38-/m1/s1. The van der Waals surface area contributed by atoms with Crippen LogP contribution in [0, 0.1) is 0 Å². The summed E-state index contributed by atoms with van der Waals surface area (Å²) in [5.41, 5.74) is 0. The number of ketones is 1. The number of fused-ring (bicyclic) bond motifs is 1. The molecule has 0 aromatic heterocycles. The van der Waals surface area contributed by atoms with Crippen LogP contribution in [0.4, 0.5) is 0 Å². The van der Waals surface area contributed by atoms with Crippen molar-refractivity contribution in [3.05, 3.63) is 121 Å². The van der Waals surface area contributed by atoms with Crippen LogP contribution in [0.25, 0.3) is 0 Å². The van der Waals surface area contributed by atoms with Gasteiger partial charge in [-0.1, -0.05) is 163 Å². The smallest absolute Gasteiger partial charge is 0.262 e. The van der Waals surface area contributed by atoms with Gasteiger partial charge in [0.25, 0.3) is 16.6 Å². The molecule has 1 aliphatic carbocycles. The highest BCUT2D eigenvalue weighted by atomic mass is 28.4. The Hall–Kier alpha value is -3.22. The first-order valence-electron chi connectivity index (χ1n) is 17.3. The number of hydrogen-bond donors (Lipinski definition) is 1. The summed E-state index contributed by atoms with van der Waals surface area (Å²) in [6, 6.07) is 40.9. The maximum Gasteiger partial charge on any atom is 0.262 e. The zero-order valence-electron chi connectivity index (χ0n) is 29.9. The molecule has 6 rings (SSSR count). The summed E-state index contributed by atoms with van der Waals surface area (Å²) in [6.45, 7) is 16.8. The Morgan fingerprint density at radius 1 is 0.571 bits per heavy atom. The first-order chi connectivity index (χ1) is 23.1.